The second kappa shape index (κ2) is 10.4. The molecule has 0 atom stereocenters. The lowest BCUT2D eigenvalue weighted by molar-refractivity contribution is 0.0731. The number of amides is 1. The summed E-state index contributed by atoms with van der Waals surface area (Å²) in [6.45, 7) is 4.87. The Labute approximate surface area is 211 Å². The summed E-state index contributed by atoms with van der Waals surface area (Å²) in [7, 11) is 3.15. The second-order valence-electron chi connectivity index (χ2n) is 9.29. The summed E-state index contributed by atoms with van der Waals surface area (Å²) in [4.78, 5) is 27.3. The number of carbonyl (C=O) groups is 1. The molecule has 8 heteroatoms. The normalized spacial score (nSPS) is 15.3. The lowest BCUT2D eigenvalue weighted by Crippen LogP contribution is -2.37. The third-order valence-electron chi connectivity index (χ3n) is 6.77. The zero-order chi connectivity index (χ0) is 25.1. The average Bonchev–Trinajstić information content (AvgIpc) is 2.93. The van der Waals surface area contributed by atoms with Crippen LogP contribution in [0.4, 0.5) is 5.95 Å². The van der Waals surface area contributed by atoms with Crippen LogP contribution >= 0.6 is 0 Å². The number of nitrogens with zero attached hydrogens (tertiary/aromatic N) is 4. The van der Waals surface area contributed by atoms with E-state index in [1.54, 1.807) is 32.4 Å². The second-order valence-corrected chi connectivity index (χ2v) is 9.29. The average molecular weight is 489 g/mol. The predicted molar refractivity (Wildman–Crippen MR) is 137 cm³/mol. The summed E-state index contributed by atoms with van der Waals surface area (Å²) in [5, 5.41) is 0. The van der Waals surface area contributed by atoms with Crippen LogP contribution in [0.3, 0.4) is 0 Å². The van der Waals surface area contributed by atoms with Gasteiger partial charge in [-0.05, 0) is 50.5 Å². The van der Waals surface area contributed by atoms with E-state index in [1.807, 2.05) is 36.1 Å². The number of piperidine rings is 1. The fourth-order valence-corrected chi connectivity index (χ4v) is 4.70. The first-order valence-electron chi connectivity index (χ1n) is 12.5. The van der Waals surface area contributed by atoms with Gasteiger partial charge in [-0.15, -0.1) is 0 Å². The molecule has 1 saturated heterocycles. The molecule has 0 spiro atoms. The highest BCUT2D eigenvalue weighted by atomic mass is 16.5. The van der Waals surface area contributed by atoms with Crippen molar-refractivity contribution < 1.29 is 19.0 Å². The molecular formula is C28H32N4O4. The fourth-order valence-electron chi connectivity index (χ4n) is 4.70. The summed E-state index contributed by atoms with van der Waals surface area (Å²) in [6, 6.07) is 13.1. The molecule has 3 heterocycles. The molecule has 8 nitrogen and oxygen atoms in total. The fraction of sp³-hybridized carbons (Fsp3) is 0.393. The van der Waals surface area contributed by atoms with Crippen LogP contribution in [-0.4, -0.2) is 54.6 Å². The molecule has 3 aromatic rings. The van der Waals surface area contributed by atoms with E-state index in [0.29, 0.717) is 54.2 Å². The molecule has 0 aliphatic carbocycles. The first kappa shape index (κ1) is 23.9. The molecule has 0 N–H and O–H groups in total. The van der Waals surface area contributed by atoms with Gasteiger partial charge in [0.2, 0.25) is 11.8 Å². The molecule has 0 bridgehead atoms. The van der Waals surface area contributed by atoms with Crippen LogP contribution in [0.5, 0.6) is 23.1 Å². The zero-order valence-corrected chi connectivity index (χ0v) is 21.1. The number of fused-ring (bicyclic) bond motifs is 1. The number of benzene rings is 2. The van der Waals surface area contributed by atoms with E-state index in [9.17, 15) is 4.79 Å². The van der Waals surface area contributed by atoms with Crippen LogP contribution in [0.2, 0.25) is 0 Å². The van der Waals surface area contributed by atoms with E-state index in [1.165, 1.54) is 6.42 Å². The van der Waals surface area contributed by atoms with Gasteiger partial charge >= 0.3 is 0 Å². The highest BCUT2D eigenvalue weighted by Gasteiger charge is 2.29. The van der Waals surface area contributed by atoms with Crippen molar-refractivity contribution in [3.63, 3.8) is 0 Å². The maximum atomic E-state index is 13.5. The summed E-state index contributed by atoms with van der Waals surface area (Å²) in [5.41, 5.74) is 3.47. The number of aromatic nitrogens is 2. The number of carbonyl (C=O) groups excluding carboxylic acids is 1. The monoisotopic (exact) mass is 488 g/mol. The minimum absolute atomic E-state index is 0.0979. The van der Waals surface area contributed by atoms with Crippen molar-refractivity contribution in [1.29, 1.82) is 0 Å². The Morgan fingerprint density at radius 2 is 1.56 bits per heavy atom. The van der Waals surface area contributed by atoms with E-state index in [0.717, 1.165) is 42.8 Å². The Morgan fingerprint density at radius 1 is 0.861 bits per heavy atom. The molecule has 36 heavy (non-hydrogen) atoms. The summed E-state index contributed by atoms with van der Waals surface area (Å²) < 4.78 is 17.0. The molecule has 5 rings (SSSR count). The van der Waals surface area contributed by atoms with Crippen LogP contribution < -0.4 is 19.1 Å². The topological polar surface area (TPSA) is 77.0 Å². The number of methoxy groups -OCH3 is 2. The van der Waals surface area contributed by atoms with Gasteiger partial charge in [-0.3, -0.25) is 4.79 Å². The van der Waals surface area contributed by atoms with Gasteiger partial charge in [0.1, 0.15) is 17.2 Å². The van der Waals surface area contributed by atoms with Crippen LogP contribution in [0, 0.1) is 6.92 Å². The summed E-state index contributed by atoms with van der Waals surface area (Å²) >= 11 is 0. The van der Waals surface area contributed by atoms with E-state index in [2.05, 4.69) is 4.90 Å². The molecular weight excluding hydrogens is 456 g/mol. The third-order valence-corrected chi connectivity index (χ3v) is 6.77. The van der Waals surface area contributed by atoms with E-state index >= 15 is 0 Å². The smallest absolute Gasteiger partial charge is 0.254 e. The number of ether oxygens (including phenoxy) is 3. The van der Waals surface area contributed by atoms with Crippen LogP contribution in [-0.2, 0) is 13.0 Å². The molecule has 2 aliphatic heterocycles. The predicted octanol–water partition coefficient (Wildman–Crippen LogP) is 4.78. The van der Waals surface area contributed by atoms with Crippen LogP contribution in [0.1, 0.15) is 46.4 Å². The van der Waals surface area contributed by atoms with E-state index < -0.39 is 0 Å². The molecule has 1 fully saturated rings. The number of rotatable bonds is 6. The first-order chi connectivity index (χ1) is 17.5. The zero-order valence-electron chi connectivity index (χ0n) is 21.1. The van der Waals surface area contributed by atoms with Gasteiger partial charge in [0.15, 0.2) is 0 Å². The minimum atomic E-state index is -0.0979. The number of anilines is 1. The van der Waals surface area contributed by atoms with E-state index in [-0.39, 0.29) is 5.91 Å². The minimum Gasteiger partial charge on any atom is -0.497 e. The molecule has 0 radical (unpaired) electrons. The van der Waals surface area contributed by atoms with Gasteiger partial charge in [0, 0.05) is 37.7 Å². The molecule has 188 valence electrons. The number of aryl methyl sites for hydroxylation is 1. The SMILES string of the molecule is COc1cc(OC)cc(C(=O)N2CCc3nc(N4CCCCC4)nc(Oc4ccc(C)cc4)c3C2)c1. The van der Waals surface area contributed by atoms with Crippen molar-refractivity contribution in [2.75, 3.05) is 38.8 Å². The molecule has 0 unspecified atom stereocenters. The molecule has 2 aromatic carbocycles. The highest BCUT2D eigenvalue weighted by Crippen LogP contribution is 2.33. The van der Waals surface area contributed by atoms with Gasteiger partial charge in [0.05, 0.1) is 32.0 Å². The lowest BCUT2D eigenvalue weighted by atomic mass is 10.0. The largest absolute Gasteiger partial charge is 0.497 e. The number of hydrogen-bond acceptors (Lipinski definition) is 7. The van der Waals surface area contributed by atoms with Crippen LogP contribution in [0.15, 0.2) is 42.5 Å². The Morgan fingerprint density at radius 3 is 2.22 bits per heavy atom. The Balaban J connectivity index is 1.47. The van der Waals surface area contributed by atoms with Crippen molar-refractivity contribution in [2.24, 2.45) is 0 Å². The van der Waals surface area contributed by atoms with Gasteiger partial charge in [0.25, 0.3) is 5.91 Å². The highest BCUT2D eigenvalue weighted by molar-refractivity contribution is 5.95. The van der Waals surface area contributed by atoms with Gasteiger partial charge in [-0.25, -0.2) is 4.98 Å². The Kier molecular flexibility index (Phi) is 6.93. The van der Waals surface area contributed by atoms with Gasteiger partial charge in [-0.2, -0.15) is 4.98 Å². The maximum Gasteiger partial charge on any atom is 0.254 e. The summed E-state index contributed by atoms with van der Waals surface area (Å²) in [5.74, 6) is 3.00. The molecule has 1 amide bonds. The molecule has 1 aromatic heterocycles. The van der Waals surface area contributed by atoms with Crippen molar-refractivity contribution in [2.45, 2.75) is 39.2 Å². The van der Waals surface area contributed by atoms with Crippen molar-refractivity contribution in [3.05, 3.63) is 64.8 Å². The van der Waals surface area contributed by atoms with Gasteiger partial charge in [-0.1, -0.05) is 17.7 Å². The quantitative estimate of drug-likeness (QED) is 0.494. The van der Waals surface area contributed by atoms with Crippen molar-refractivity contribution >= 4 is 11.9 Å². The maximum absolute atomic E-state index is 13.5. The lowest BCUT2D eigenvalue weighted by Gasteiger charge is -2.32. The molecule has 2 aliphatic rings. The Hall–Kier alpha value is -3.81. The van der Waals surface area contributed by atoms with Gasteiger partial charge < -0.3 is 24.0 Å². The third kappa shape index (κ3) is 5.08. The number of hydrogen-bond donors (Lipinski definition) is 0. The summed E-state index contributed by atoms with van der Waals surface area (Å²) in [6.07, 6.45) is 4.15. The van der Waals surface area contributed by atoms with Crippen molar-refractivity contribution in [3.8, 4) is 23.1 Å². The Bertz CT molecular complexity index is 1220. The van der Waals surface area contributed by atoms with E-state index in [4.69, 9.17) is 24.2 Å². The first-order valence-corrected chi connectivity index (χ1v) is 12.5. The standard InChI is InChI=1S/C28H32N4O4/c1-19-7-9-21(10-8-19)36-26-24-18-32(27(33)20-15-22(34-2)17-23(16-20)35-3)14-11-25(24)29-28(30-26)31-12-5-4-6-13-31/h7-10,15-17H,4-6,11-14,18H2,1-3H3. The molecule has 0 saturated carbocycles. The van der Waals surface area contributed by atoms with Crippen LogP contribution in [0.25, 0.3) is 0 Å². The van der Waals surface area contributed by atoms with Crippen molar-refractivity contribution in [1.82, 2.24) is 14.9 Å².